The first-order valence-corrected chi connectivity index (χ1v) is 12.5. The Kier molecular flexibility index (Phi) is 3.56. The number of nitrogens with zero attached hydrogens (tertiary/aromatic N) is 1. The summed E-state index contributed by atoms with van der Waals surface area (Å²) in [4.78, 5) is 2.66. The maximum atomic E-state index is 7.11. The summed E-state index contributed by atoms with van der Waals surface area (Å²) >= 11 is 0. The summed E-state index contributed by atoms with van der Waals surface area (Å²) in [5.41, 5.74) is 2.61. The zero-order valence-electron chi connectivity index (χ0n) is 20.4. The summed E-state index contributed by atoms with van der Waals surface area (Å²) < 4.78 is 26.3. The van der Waals surface area contributed by atoms with Crippen LogP contribution in [0.2, 0.25) is 0 Å². The van der Waals surface area contributed by atoms with Gasteiger partial charge in [-0.1, -0.05) is 26.8 Å². The SMILES string of the molecule is COc1ccc2c3c1O[C@H]1[C@@]45CC[C@]6(C[C@@H]4[C@@](C)(C(C)(C)C)OCO5)[C@@H](C2)N(C)CC[C@]316. The van der Waals surface area contributed by atoms with Gasteiger partial charge in [0.25, 0.3) is 0 Å². The van der Waals surface area contributed by atoms with Gasteiger partial charge in [-0.25, -0.2) is 0 Å². The molecule has 5 nitrogen and oxygen atoms in total. The molecule has 1 aromatic carbocycles. The second-order valence-electron chi connectivity index (χ2n) is 12.7. The van der Waals surface area contributed by atoms with Crippen molar-refractivity contribution in [3.05, 3.63) is 23.3 Å². The number of likely N-dealkylation sites (tertiary alicyclic amines) is 1. The zero-order chi connectivity index (χ0) is 22.3. The van der Waals surface area contributed by atoms with Crippen LogP contribution in [0.1, 0.15) is 64.5 Å². The van der Waals surface area contributed by atoms with Crippen LogP contribution >= 0.6 is 0 Å². The molecule has 32 heavy (non-hydrogen) atoms. The monoisotopic (exact) mass is 439 g/mol. The van der Waals surface area contributed by atoms with E-state index in [4.69, 9.17) is 18.9 Å². The van der Waals surface area contributed by atoms with Crippen molar-refractivity contribution in [2.24, 2.45) is 16.7 Å². The fourth-order valence-electron chi connectivity index (χ4n) is 9.47. The third-order valence-electron chi connectivity index (χ3n) is 11.3. The number of hydrogen-bond donors (Lipinski definition) is 0. The fraction of sp³-hybridized carbons (Fsp3) is 0.778. The molecule has 3 saturated carbocycles. The van der Waals surface area contributed by atoms with Crippen LogP contribution in [0, 0.1) is 16.7 Å². The molecule has 5 heteroatoms. The lowest BCUT2D eigenvalue weighted by atomic mass is 9.33. The van der Waals surface area contributed by atoms with E-state index in [9.17, 15) is 0 Å². The van der Waals surface area contributed by atoms with Gasteiger partial charge >= 0.3 is 0 Å². The minimum Gasteiger partial charge on any atom is -0.493 e. The summed E-state index contributed by atoms with van der Waals surface area (Å²) in [6.45, 7) is 10.8. The number of ether oxygens (including phenoxy) is 4. The molecule has 0 amide bonds. The Hall–Kier alpha value is -1.30. The topological polar surface area (TPSA) is 40.2 Å². The Bertz CT molecular complexity index is 1020. The van der Waals surface area contributed by atoms with Gasteiger partial charge in [-0.3, -0.25) is 0 Å². The molecule has 7 atom stereocenters. The highest BCUT2D eigenvalue weighted by atomic mass is 16.7. The maximum Gasteiger partial charge on any atom is 0.165 e. The third kappa shape index (κ3) is 1.83. The van der Waals surface area contributed by atoms with Crippen LogP contribution in [-0.2, 0) is 21.3 Å². The first kappa shape index (κ1) is 20.1. The van der Waals surface area contributed by atoms with Gasteiger partial charge in [0.2, 0.25) is 0 Å². The lowest BCUT2D eigenvalue weighted by Crippen LogP contribution is -2.84. The van der Waals surface area contributed by atoms with Crippen molar-refractivity contribution in [3.63, 3.8) is 0 Å². The Morgan fingerprint density at radius 1 is 1.12 bits per heavy atom. The van der Waals surface area contributed by atoms with E-state index in [0.29, 0.717) is 18.8 Å². The number of piperidine rings is 1. The summed E-state index contributed by atoms with van der Waals surface area (Å²) in [7, 11) is 4.12. The second kappa shape index (κ2) is 5.67. The van der Waals surface area contributed by atoms with E-state index in [1.165, 1.54) is 17.5 Å². The molecular weight excluding hydrogens is 402 g/mol. The van der Waals surface area contributed by atoms with Crippen molar-refractivity contribution in [1.29, 1.82) is 0 Å². The Morgan fingerprint density at radius 3 is 2.69 bits per heavy atom. The molecule has 0 unspecified atom stereocenters. The van der Waals surface area contributed by atoms with E-state index >= 15 is 0 Å². The molecule has 7 aliphatic rings. The van der Waals surface area contributed by atoms with Gasteiger partial charge in [0.1, 0.15) is 18.5 Å². The number of benzene rings is 1. The average molecular weight is 440 g/mol. The van der Waals surface area contributed by atoms with E-state index in [-0.39, 0.29) is 33.6 Å². The molecule has 0 aromatic heterocycles. The van der Waals surface area contributed by atoms with Crippen LogP contribution < -0.4 is 9.47 Å². The van der Waals surface area contributed by atoms with Crippen molar-refractivity contribution in [1.82, 2.24) is 4.90 Å². The molecular formula is C27H37NO4. The molecule has 4 bridgehead atoms. The zero-order valence-corrected chi connectivity index (χ0v) is 20.4. The average Bonchev–Trinajstić information content (AvgIpc) is 3.12. The maximum absolute atomic E-state index is 7.11. The van der Waals surface area contributed by atoms with Crippen molar-refractivity contribution in [3.8, 4) is 11.5 Å². The standard InChI is InChI=1S/C27H37NO4/c1-23(2,3)24(4)18-14-25-9-10-27(18,31-15-30-24)22-26(25)11-12-28(5)19(25)13-16-7-8-17(29-6)21(32-22)20(16)26/h7-8,18-19,22H,9-15H2,1-6H3/t18-,19-,22-,24+,25+,26+,27-/m1/s1. The number of hydrogen-bond acceptors (Lipinski definition) is 5. The molecule has 1 aromatic rings. The van der Waals surface area contributed by atoms with E-state index in [1.54, 1.807) is 7.11 Å². The molecule has 3 heterocycles. The van der Waals surface area contributed by atoms with Gasteiger partial charge < -0.3 is 23.8 Å². The first-order valence-electron chi connectivity index (χ1n) is 12.5. The van der Waals surface area contributed by atoms with Crippen LogP contribution in [0.4, 0.5) is 0 Å². The van der Waals surface area contributed by atoms with Crippen LogP contribution in [0.25, 0.3) is 0 Å². The van der Waals surface area contributed by atoms with Gasteiger partial charge in [-0.15, -0.1) is 0 Å². The van der Waals surface area contributed by atoms with Gasteiger partial charge in [-0.05, 0) is 69.7 Å². The lowest BCUT2D eigenvalue weighted by molar-refractivity contribution is -0.389. The first-order chi connectivity index (χ1) is 15.1. The van der Waals surface area contributed by atoms with Crippen molar-refractivity contribution in [2.45, 2.75) is 88.6 Å². The summed E-state index contributed by atoms with van der Waals surface area (Å²) in [5, 5.41) is 0. The molecule has 3 spiro atoms. The van der Waals surface area contributed by atoms with Crippen molar-refractivity contribution < 1.29 is 18.9 Å². The molecule has 174 valence electrons. The number of likely N-dealkylation sites (N-methyl/N-ethyl adjacent to an activating group) is 1. The molecule has 4 aliphatic carbocycles. The molecule has 0 radical (unpaired) electrons. The highest BCUT2D eigenvalue weighted by molar-refractivity contribution is 5.63. The normalized spacial score (nSPS) is 48.1. The van der Waals surface area contributed by atoms with Gasteiger partial charge in [-0.2, -0.15) is 0 Å². The molecule has 0 N–H and O–H groups in total. The Morgan fingerprint density at radius 2 is 1.94 bits per heavy atom. The fourth-order valence-corrected chi connectivity index (χ4v) is 9.47. The van der Waals surface area contributed by atoms with E-state index in [2.05, 4.69) is 51.8 Å². The Balaban J connectivity index is 1.52. The second-order valence-corrected chi connectivity index (χ2v) is 12.7. The van der Waals surface area contributed by atoms with E-state index in [1.807, 2.05) is 0 Å². The minimum absolute atomic E-state index is 0.0136. The highest BCUT2D eigenvalue weighted by Crippen LogP contribution is 2.78. The summed E-state index contributed by atoms with van der Waals surface area (Å²) in [5.74, 6) is 2.21. The van der Waals surface area contributed by atoms with Gasteiger partial charge in [0.15, 0.2) is 11.5 Å². The summed E-state index contributed by atoms with van der Waals surface area (Å²) in [6.07, 6.45) is 5.72. The van der Waals surface area contributed by atoms with Crippen LogP contribution in [0.3, 0.4) is 0 Å². The molecule has 5 fully saturated rings. The minimum atomic E-state index is -0.304. The van der Waals surface area contributed by atoms with Gasteiger partial charge in [0, 0.05) is 28.4 Å². The van der Waals surface area contributed by atoms with Crippen LogP contribution in [0.5, 0.6) is 11.5 Å². The third-order valence-corrected chi connectivity index (χ3v) is 11.3. The van der Waals surface area contributed by atoms with Crippen LogP contribution in [-0.4, -0.2) is 55.7 Å². The quantitative estimate of drug-likeness (QED) is 0.652. The van der Waals surface area contributed by atoms with E-state index < -0.39 is 0 Å². The van der Waals surface area contributed by atoms with E-state index in [0.717, 1.165) is 43.7 Å². The summed E-state index contributed by atoms with van der Waals surface area (Å²) in [6, 6.07) is 4.97. The number of rotatable bonds is 1. The molecule has 3 aliphatic heterocycles. The lowest BCUT2D eigenvalue weighted by Gasteiger charge is -2.76. The molecule has 2 saturated heterocycles. The van der Waals surface area contributed by atoms with Crippen molar-refractivity contribution >= 4 is 0 Å². The smallest absolute Gasteiger partial charge is 0.165 e. The van der Waals surface area contributed by atoms with Gasteiger partial charge in [0.05, 0.1) is 12.7 Å². The largest absolute Gasteiger partial charge is 0.493 e. The number of methoxy groups -OCH3 is 1. The molecule has 8 rings (SSSR count). The predicted molar refractivity (Wildman–Crippen MR) is 121 cm³/mol. The predicted octanol–water partition coefficient (Wildman–Crippen LogP) is 4.30. The highest BCUT2D eigenvalue weighted by Gasteiger charge is 2.83. The Labute approximate surface area is 191 Å². The van der Waals surface area contributed by atoms with Crippen molar-refractivity contribution in [2.75, 3.05) is 27.5 Å². The van der Waals surface area contributed by atoms with Crippen LogP contribution in [0.15, 0.2) is 12.1 Å². The number of fused-ring (bicyclic) bond motifs is 1.